The maximum absolute atomic E-state index is 12.1. The van der Waals surface area contributed by atoms with Crippen LogP contribution < -0.4 is 10.1 Å². The number of carbonyl (C=O) groups excluding carboxylic acids is 1. The number of hydrogen-bond donors (Lipinski definition) is 1. The van der Waals surface area contributed by atoms with Crippen molar-refractivity contribution >= 4 is 11.6 Å². The molecule has 3 aromatic rings. The number of rotatable bonds is 7. The van der Waals surface area contributed by atoms with Gasteiger partial charge >= 0.3 is 0 Å². The summed E-state index contributed by atoms with van der Waals surface area (Å²) >= 11 is 0. The molecule has 1 N–H and O–H groups in total. The number of nitrogens with one attached hydrogen (secondary N) is 1. The van der Waals surface area contributed by atoms with Crippen molar-refractivity contribution in [2.45, 2.75) is 20.1 Å². The largest absolute Gasteiger partial charge is 0.486 e. The smallest absolute Gasteiger partial charge is 0.287 e. The summed E-state index contributed by atoms with van der Waals surface area (Å²) in [6.45, 7) is 2.08. The van der Waals surface area contributed by atoms with E-state index in [1.54, 1.807) is 43.0 Å². The molecule has 9 nitrogen and oxygen atoms in total. The maximum atomic E-state index is 12.1. The first-order valence-corrected chi connectivity index (χ1v) is 8.15. The van der Waals surface area contributed by atoms with E-state index >= 15 is 0 Å². The van der Waals surface area contributed by atoms with Crippen LogP contribution in [0.1, 0.15) is 27.6 Å². The molecule has 0 fully saturated rings. The average molecular weight is 370 g/mol. The van der Waals surface area contributed by atoms with Gasteiger partial charge in [0.1, 0.15) is 18.1 Å². The van der Waals surface area contributed by atoms with Crippen LogP contribution in [0.3, 0.4) is 0 Å². The molecule has 2 aromatic heterocycles. The SMILES string of the molecule is Cc1cc(OCc2ccc(C(=O)NCc3ccnn3C)o2)ccc1[N+](=O)[O-]. The molecular formula is C18H18N4O5. The lowest BCUT2D eigenvalue weighted by Gasteiger charge is -2.06. The number of aromatic nitrogens is 2. The van der Waals surface area contributed by atoms with E-state index in [0.717, 1.165) is 5.69 Å². The molecule has 0 aliphatic carbocycles. The van der Waals surface area contributed by atoms with Crippen LogP contribution in [0, 0.1) is 17.0 Å². The van der Waals surface area contributed by atoms with Crippen molar-refractivity contribution in [3.63, 3.8) is 0 Å². The number of hydrogen-bond acceptors (Lipinski definition) is 6. The Bertz CT molecular complexity index is 976. The van der Waals surface area contributed by atoms with Crippen molar-refractivity contribution in [2.24, 2.45) is 7.05 Å². The molecule has 1 amide bonds. The van der Waals surface area contributed by atoms with E-state index in [2.05, 4.69) is 10.4 Å². The molecule has 0 unspecified atom stereocenters. The number of nitro benzene ring substituents is 1. The number of aryl methyl sites for hydroxylation is 2. The summed E-state index contributed by atoms with van der Waals surface area (Å²) in [7, 11) is 1.80. The van der Waals surface area contributed by atoms with Crippen LogP contribution in [0.15, 0.2) is 47.0 Å². The van der Waals surface area contributed by atoms with Gasteiger partial charge in [-0.2, -0.15) is 5.10 Å². The fourth-order valence-electron chi connectivity index (χ4n) is 2.49. The fourth-order valence-corrected chi connectivity index (χ4v) is 2.49. The number of furan rings is 1. The number of nitrogens with zero attached hydrogens (tertiary/aromatic N) is 3. The van der Waals surface area contributed by atoms with Crippen LogP contribution in [0.5, 0.6) is 5.75 Å². The van der Waals surface area contributed by atoms with Crippen molar-refractivity contribution in [1.29, 1.82) is 0 Å². The quantitative estimate of drug-likeness (QED) is 0.505. The topological polar surface area (TPSA) is 112 Å². The van der Waals surface area contributed by atoms with E-state index in [0.29, 0.717) is 23.6 Å². The van der Waals surface area contributed by atoms with Gasteiger partial charge in [-0.25, -0.2) is 0 Å². The normalized spacial score (nSPS) is 10.6. The molecule has 0 bridgehead atoms. The average Bonchev–Trinajstić information content (AvgIpc) is 3.26. The van der Waals surface area contributed by atoms with Crippen LogP contribution in [0.25, 0.3) is 0 Å². The summed E-state index contributed by atoms with van der Waals surface area (Å²) in [6, 6.07) is 9.53. The first-order valence-electron chi connectivity index (χ1n) is 8.15. The molecule has 140 valence electrons. The third-order valence-corrected chi connectivity index (χ3v) is 3.98. The summed E-state index contributed by atoms with van der Waals surface area (Å²) < 4.78 is 12.7. The molecule has 0 spiro atoms. The molecule has 0 saturated carbocycles. The first kappa shape index (κ1) is 18.2. The minimum absolute atomic E-state index is 0.0349. The molecule has 0 saturated heterocycles. The molecule has 0 aliphatic rings. The van der Waals surface area contributed by atoms with Crippen molar-refractivity contribution in [3.8, 4) is 5.75 Å². The fraction of sp³-hybridized carbons (Fsp3) is 0.222. The van der Waals surface area contributed by atoms with Crippen molar-refractivity contribution in [1.82, 2.24) is 15.1 Å². The molecule has 27 heavy (non-hydrogen) atoms. The summed E-state index contributed by atoms with van der Waals surface area (Å²) in [5, 5.41) is 17.6. The van der Waals surface area contributed by atoms with Gasteiger partial charge in [0.25, 0.3) is 11.6 Å². The highest BCUT2D eigenvalue weighted by Gasteiger charge is 2.13. The summed E-state index contributed by atoms with van der Waals surface area (Å²) in [6.07, 6.45) is 1.66. The zero-order valence-electron chi connectivity index (χ0n) is 14.8. The molecule has 0 radical (unpaired) electrons. The third kappa shape index (κ3) is 4.32. The predicted octanol–water partition coefficient (Wildman–Crippen LogP) is 2.74. The van der Waals surface area contributed by atoms with Gasteiger partial charge in [-0.05, 0) is 37.3 Å². The number of amides is 1. The van der Waals surface area contributed by atoms with Crippen molar-refractivity contribution in [2.75, 3.05) is 0 Å². The Morgan fingerprint density at radius 2 is 2.15 bits per heavy atom. The molecule has 0 aliphatic heterocycles. The van der Waals surface area contributed by atoms with Crippen LogP contribution in [-0.2, 0) is 20.2 Å². The standard InChI is InChI=1S/C18H18N4O5/c1-12-9-14(3-5-16(12)22(24)25)26-11-15-4-6-17(27-15)18(23)19-10-13-7-8-20-21(13)2/h3-9H,10-11H2,1-2H3,(H,19,23). The van der Waals surface area contributed by atoms with Gasteiger partial charge in [0.05, 0.1) is 17.2 Å². The van der Waals surface area contributed by atoms with E-state index in [1.807, 2.05) is 6.07 Å². The lowest BCUT2D eigenvalue weighted by atomic mass is 10.2. The molecule has 3 rings (SSSR count). The van der Waals surface area contributed by atoms with Gasteiger partial charge in [0.15, 0.2) is 5.76 Å². The minimum Gasteiger partial charge on any atom is -0.486 e. The predicted molar refractivity (Wildman–Crippen MR) is 95.3 cm³/mol. The molecule has 2 heterocycles. The Labute approximate surface area is 154 Å². The monoisotopic (exact) mass is 370 g/mol. The molecule has 9 heteroatoms. The summed E-state index contributed by atoms with van der Waals surface area (Å²) in [5.74, 6) is 0.790. The van der Waals surface area contributed by atoms with Crippen LogP contribution in [0.2, 0.25) is 0 Å². The number of ether oxygens (including phenoxy) is 1. The van der Waals surface area contributed by atoms with E-state index < -0.39 is 4.92 Å². The second-order valence-electron chi connectivity index (χ2n) is 5.89. The molecule has 1 aromatic carbocycles. The van der Waals surface area contributed by atoms with Gasteiger partial charge in [0.2, 0.25) is 0 Å². The minimum atomic E-state index is -0.442. The highest BCUT2D eigenvalue weighted by Crippen LogP contribution is 2.24. The number of benzene rings is 1. The summed E-state index contributed by atoms with van der Waals surface area (Å²) in [4.78, 5) is 22.5. The molecule has 0 atom stereocenters. The van der Waals surface area contributed by atoms with Crippen LogP contribution in [0.4, 0.5) is 5.69 Å². The van der Waals surface area contributed by atoms with Gasteiger partial charge in [-0.3, -0.25) is 19.6 Å². The second-order valence-corrected chi connectivity index (χ2v) is 5.89. The second kappa shape index (κ2) is 7.73. The van der Waals surface area contributed by atoms with E-state index in [-0.39, 0.29) is 24.0 Å². The highest BCUT2D eigenvalue weighted by molar-refractivity contribution is 5.91. The van der Waals surface area contributed by atoms with Crippen LogP contribution >= 0.6 is 0 Å². The highest BCUT2D eigenvalue weighted by atomic mass is 16.6. The van der Waals surface area contributed by atoms with Gasteiger partial charge < -0.3 is 14.5 Å². The Morgan fingerprint density at radius 3 is 2.81 bits per heavy atom. The number of carbonyl (C=O) groups is 1. The number of nitro groups is 1. The zero-order valence-corrected chi connectivity index (χ0v) is 14.8. The van der Waals surface area contributed by atoms with Crippen molar-refractivity contribution < 1.29 is 18.9 Å². The Kier molecular flexibility index (Phi) is 5.20. The zero-order chi connectivity index (χ0) is 19.4. The van der Waals surface area contributed by atoms with Gasteiger partial charge in [-0.15, -0.1) is 0 Å². The Hall–Kier alpha value is -3.62. The Morgan fingerprint density at radius 1 is 1.33 bits per heavy atom. The van der Waals surface area contributed by atoms with E-state index in [4.69, 9.17) is 9.15 Å². The molecular weight excluding hydrogens is 352 g/mol. The third-order valence-electron chi connectivity index (χ3n) is 3.98. The Balaban J connectivity index is 1.56. The van der Waals surface area contributed by atoms with Crippen LogP contribution in [-0.4, -0.2) is 20.6 Å². The van der Waals surface area contributed by atoms with E-state index in [9.17, 15) is 14.9 Å². The van der Waals surface area contributed by atoms with E-state index in [1.165, 1.54) is 12.1 Å². The first-order chi connectivity index (χ1) is 12.9. The maximum Gasteiger partial charge on any atom is 0.287 e. The lowest BCUT2D eigenvalue weighted by molar-refractivity contribution is -0.385. The lowest BCUT2D eigenvalue weighted by Crippen LogP contribution is -2.23. The van der Waals surface area contributed by atoms with Gasteiger partial charge in [0, 0.05) is 24.9 Å². The summed E-state index contributed by atoms with van der Waals surface area (Å²) in [5.41, 5.74) is 1.41. The van der Waals surface area contributed by atoms with Gasteiger partial charge in [-0.1, -0.05) is 0 Å². The van der Waals surface area contributed by atoms with Crippen molar-refractivity contribution in [3.05, 3.63) is 75.5 Å².